The highest BCUT2D eigenvalue weighted by Crippen LogP contribution is 2.40. The van der Waals surface area contributed by atoms with Crippen molar-refractivity contribution in [1.29, 1.82) is 0 Å². The van der Waals surface area contributed by atoms with Crippen molar-refractivity contribution in [3.63, 3.8) is 0 Å². The number of hydrogen-bond donors (Lipinski definition) is 0. The van der Waals surface area contributed by atoms with Crippen molar-refractivity contribution in [2.45, 2.75) is 43.7 Å². The molecule has 1 spiro atoms. The fraction of sp³-hybridized carbons (Fsp3) is 0.560. The predicted octanol–water partition coefficient (Wildman–Crippen LogP) is 3.77. The molecule has 30 heavy (non-hydrogen) atoms. The van der Waals surface area contributed by atoms with Gasteiger partial charge in [0.05, 0.1) is 6.10 Å². The van der Waals surface area contributed by atoms with Gasteiger partial charge in [0.15, 0.2) is 0 Å². The summed E-state index contributed by atoms with van der Waals surface area (Å²) in [6.45, 7) is 4.79. The van der Waals surface area contributed by atoms with E-state index in [-0.39, 0.29) is 11.4 Å². The molecule has 0 N–H and O–H groups in total. The maximum Gasteiger partial charge on any atom is 0.254 e. The number of amides is 1. The Hall–Kier alpha value is -2.11. The number of carbonyl (C=O) groups is 1. The van der Waals surface area contributed by atoms with Crippen molar-refractivity contribution in [2.75, 3.05) is 51.8 Å². The summed E-state index contributed by atoms with van der Waals surface area (Å²) in [6.07, 6.45) is 6.23. The highest BCUT2D eigenvalue weighted by atomic mass is 16.5. The smallest absolute Gasteiger partial charge is 0.254 e. The summed E-state index contributed by atoms with van der Waals surface area (Å²) >= 11 is 0. The molecule has 0 aromatic heterocycles. The number of piperidine rings is 1. The van der Waals surface area contributed by atoms with E-state index < -0.39 is 0 Å². The molecule has 0 aliphatic carbocycles. The molecule has 5 nitrogen and oxygen atoms in total. The molecule has 5 rings (SSSR count). The van der Waals surface area contributed by atoms with Crippen LogP contribution in [-0.2, 0) is 4.74 Å². The Balaban J connectivity index is 1.38. The molecule has 2 atom stereocenters. The molecular formula is C25H33N3O2. The fourth-order valence-corrected chi connectivity index (χ4v) is 5.68. The topological polar surface area (TPSA) is 36.0 Å². The van der Waals surface area contributed by atoms with Gasteiger partial charge < -0.3 is 14.5 Å². The van der Waals surface area contributed by atoms with Crippen molar-refractivity contribution in [3.8, 4) is 0 Å². The van der Waals surface area contributed by atoms with Gasteiger partial charge in [-0.15, -0.1) is 0 Å². The molecule has 3 heterocycles. The van der Waals surface area contributed by atoms with Crippen LogP contribution in [0, 0.1) is 0 Å². The number of ether oxygens (including phenoxy) is 1. The molecular weight excluding hydrogens is 374 g/mol. The number of carbonyl (C=O) groups excluding carboxylic acids is 1. The van der Waals surface area contributed by atoms with Gasteiger partial charge in [-0.2, -0.15) is 0 Å². The van der Waals surface area contributed by atoms with E-state index in [4.69, 9.17) is 4.74 Å². The Morgan fingerprint density at radius 3 is 2.63 bits per heavy atom. The normalized spacial score (nSPS) is 26.9. The molecule has 1 amide bonds. The summed E-state index contributed by atoms with van der Waals surface area (Å²) in [7, 11) is 4.10. The maximum absolute atomic E-state index is 13.6. The van der Waals surface area contributed by atoms with Gasteiger partial charge in [-0.3, -0.25) is 9.69 Å². The third-order valence-electron chi connectivity index (χ3n) is 7.42. The number of anilines is 1. The van der Waals surface area contributed by atoms with Crippen LogP contribution >= 0.6 is 0 Å². The third-order valence-corrected chi connectivity index (χ3v) is 7.42. The molecule has 0 radical (unpaired) electrons. The number of likely N-dealkylation sites (tertiary alicyclic amines) is 2. The summed E-state index contributed by atoms with van der Waals surface area (Å²) in [5, 5.41) is 2.20. The Labute approximate surface area is 179 Å². The van der Waals surface area contributed by atoms with Crippen LogP contribution in [0.25, 0.3) is 10.8 Å². The standard InChI is InChI=1S/C25H33N3O2/c1-26(2)23-11-10-22(20-8-3-4-9-21(20)23)24(29)27-14-6-12-25(18-27)13-15-28(25)17-19-7-5-16-30-19/h3-4,8-11,19H,5-7,12-18H2,1-2H3/t19-,25+/m1/s1. The molecule has 3 aliphatic rings. The van der Waals surface area contributed by atoms with Crippen molar-refractivity contribution >= 4 is 22.4 Å². The molecule has 3 saturated heterocycles. The molecule has 5 heteroatoms. The lowest BCUT2D eigenvalue weighted by Crippen LogP contribution is -2.68. The first-order chi connectivity index (χ1) is 14.6. The van der Waals surface area contributed by atoms with Crippen molar-refractivity contribution in [2.24, 2.45) is 0 Å². The number of fused-ring (bicyclic) bond motifs is 1. The Morgan fingerprint density at radius 2 is 1.93 bits per heavy atom. The van der Waals surface area contributed by atoms with Gasteiger partial charge >= 0.3 is 0 Å². The largest absolute Gasteiger partial charge is 0.377 e. The minimum absolute atomic E-state index is 0.166. The summed E-state index contributed by atoms with van der Waals surface area (Å²) in [6, 6.07) is 12.4. The van der Waals surface area contributed by atoms with E-state index in [0.717, 1.165) is 61.2 Å². The summed E-state index contributed by atoms with van der Waals surface area (Å²) < 4.78 is 5.89. The fourth-order valence-electron chi connectivity index (χ4n) is 5.68. The Morgan fingerprint density at radius 1 is 1.10 bits per heavy atom. The van der Waals surface area contributed by atoms with Crippen LogP contribution in [0.2, 0.25) is 0 Å². The van der Waals surface area contributed by atoms with Crippen LogP contribution in [0.4, 0.5) is 5.69 Å². The summed E-state index contributed by atoms with van der Waals surface area (Å²) in [5.41, 5.74) is 2.15. The Kier molecular flexibility index (Phi) is 5.19. The van der Waals surface area contributed by atoms with Gasteiger partial charge in [0.1, 0.15) is 0 Å². The van der Waals surface area contributed by atoms with Gasteiger partial charge in [0.25, 0.3) is 5.91 Å². The first-order valence-electron chi connectivity index (χ1n) is 11.4. The van der Waals surface area contributed by atoms with Crippen molar-refractivity contribution in [1.82, 2.24) is 9.80 Å². The van der Waals surface area contributed by atoms with E-state index in [1.807, 2.05) is 12.1 Å². The lowest BCUT2D eigenvalue weighted by molar-refractivity contribution is -0.0806. The highest BCUT2D eigenvalue weighted by Gasteiger charge is 2.48. The minimum Gasteiger partial charge on any atom is -0.377 e. The number of nitrogens with zero attached hydrogens (tertiary/aromatic N) is 3. The second-order valence-electron chi connectivity index (χ2n) is 9.46. The van der Waals surface area contributed by atoms with E-state index in [0.29, 0.717) is 6.10 Å². The van der Waals surface area contributed by atoms with Crippen LogP contribution in [0.1, 0.15) is 42.5 Å². The van der Waals surface area contributed by atoms with Crippen molar-refractivity contribution in [3.05, 3.63) is 42.0 Å². The van der Waals surface area contributed by atoms with Gasteiger partial charge in [0.2, 0.25) is 0 Å². The van der Waals surface area contributed by atoms with Gasteiger partial charge in [-0.05, 0) is 49.6 Å². The van der Waals surface area contributed by atoms with Gasteiger partial charge in [-0.25, -0.2) is 0 Å². The first-order valence-corrected chi connectivity index (χ1v) is 11.4. The zero-order valence-electron chi connectivity index (χ0n) is 18.3. The maximum atomic E-state index is 13.6. The van der Waals surface area contributed by atoms with E-state index in [9.17, 15) is 4.79 Å². The van der Waals surface area contributed by atoms with Crippen LogP contribution in [0.15, 0.2) is 36.4 Å². The van der Waals surface area contributed by atoms with Crippen molar-refractivity contribution < 1.29 is 9.53 Å². The second-order valence-corrected chi connectivity index (χ2v) is 9.46. The van der Waals surface area contributed by atoms with E-state index in [2.05, 4.69) is 53.1 Å². The SMILES string of the molecule is CN(C)c1ccc(C(=O)N2CCC[C@]3(CCN3C[C@H]3CCCO3)C2)c2ccccc12. The third kappa shape index (κ3) is 3.38. The lowest BCUT2D eigenvalue weighted by Gasteiger charge is -2.57. The van der Waals surface area contributed by atoms with Crippen LogP contribution < -0.4 is 4.90 Å². The second kappa shape index (κ2) is 7.86. The molecule has 0 bridgehead atoms. The van der Waals surface area contributed by atoms with Gasteiger partial charge in [0, 0.05) is 69.1 Å². The quantitative estimate of drug-likeness (QED) is 0.773. The summed E-state index contributed by atoms with van der Waals surface area (Å²) in [4.78, 5) is 20.5. The van der Waals surface area contributed by atoms with Crippen LogP contribution in [0.3, 0.4) is 0 Å². The van der Waals surface area contributed by atoms with Gasteiger partial charge in [-0.1, -0.05) is 24.3 Å². The number of benzene rings is 2. The molecule has 160 valence electrons. The molecule has 3 aliphatic heterocycles. The Bertz CT molecular complexity index is 937. The van der Waals surface area contributed by atoms with E-state index >= 15 is 0 Å². The average Bonchev–Trinajstić information content (AvgIpc) is 3.29. The monoisotopic (exact) mass is 407 g/mol. The molecule has 3 fully saturated rings. The first kappa shape index (κ1) is 19.8. The predicted molar refractivity (Wildman–Crippen MR) is 121 cm³/mol. The zero-order chi connectivity index (χ0) is 20.7. The highest BCUT2D eigenvalue weighted by molar-refractivity contribution is 6.10. The molecule has 0 saturated carbocycles. The molecule has 0 unspecified atom stereocenters. The lowest BCUT2D eigenvalue weighted by atomic mass is 9.77. The molecule has 2 aromatic rings. The number of rotatable bonds is 4. The average molecular weight is 408 g/mol. The van der Waals surface area contributed by atoms with E-state index in [1.54, 1.807) is 0 Å². The summed E-state index contributed by atoms with van der Waals surface area (Å²) in [5.74, 6) is 0.180. The minimum atomic E-state index is 0.166. The zero-order valence-corrected chi connectivity index (χ0v) is 18.3. The van der Waals surface area contributed by atoms with E-state index in [1.165, 1.54) is 25.7 Å². The number of hydrogen-bond acceptors (Lipinski definition) is 4. The van der Waals surface area contributed by atoms with Crippen LogP contribution in [0.5, 0.6) is 0 Å². The van der Waals surface area contributed by atoms with Crippen LogP contribution in [-0.4, -0.2) is 74.2 Å². The molecule has 2 aromatic carbocycles.